The van der Waals surface area contributed by atoms with Crippen LogP contribution in [0.5, 0.6) is 5.75 Å². The number of carbonyl (C=O) groups excluding carboxylic acids is 1. The molecule has 1 heterocycles. The maximum Gasteiger partial charge on any atom is 0.255 e. The van der Waals surface area contributed by atoms with Gasteiger partial charge in [-0.2, -0.15) is 0 Å². The van der Waals surface area contributed by atoms with Gasteiger partial charge in [0, 0.05) is 28.9 Å². The number of amides is 1. The molecule has 5 aromatic rings. The number of hydrogen-bond acceptors (Lipinski definition) is 5. The van der Waals surface area contributed by atoms with Gasteiger partial charge in [-0.3, -0.25) is 9.36 Å². The van der Waals surface area contributed by atoms with E-state index in [1.54, 1.807) is 30.0 Å². The number of aromatic hydroxyl groups is 1. The minimum Gasteiger partial charge on any atom is -0.507 e. The topological polar surface area (TPSA) is 80.0 Å². The average molecular weight is 597 g/mol. The molecule has 1 unspecified atom stereocenters. The van der Waals surface area contributed by atoms with Crippen LogP contribution in [0.3, 0.4) is 0 Å². The Morgan fingerprint density at radius 1 is 0.857 bits per heavy atom. The van der Waals surface area contributed by atoms with Crippen molar-refractivity contribution in [1.29, 1.82) is 0 Å². The van der Waals surface area contributed by atoms with Crippen molar-refractivity contribution in [1.82, 2.24) is 20.1 Å². The van der Waals surface area contributed by atoms with Gasteiger partial charge in [-0.1, -0.05) is 103 Å². The van der Waals surface area contributed by atoms with Crippen molar-refractivity contribution in [3.8, 4) is 11.4 Å². The van der Waals surface area contributed by atoms with E-state index >= 15 is 0 Å². The number of para-hydroxylation sites is 2. The summed E-state index contributed by atoms with van der Waals surface area (Å²) in [6.45, 7) is 0.525. The number of rotatable bonds is 13. The summed E-state index contributed by atoms with van der Waals surface area (Å²) < 4.78 is 2.18. The summed E-state index contributed by atoms with van der Waals surface area (Å²) in [5.74, 6) is 1.50. The molecular weight excluding hydrogens is 564 g/mol. The van der Waals surface area contributed by atoms with Crippen LogP contribution >= 0.6 is 23.4 Å². The zero-order chi connectivity index (χ0) is 29.1. The average Bonchev–Trinajstić information content (AvgIpc) is 3.44. The van der Waals surface area contributed by atoms with Gasteiger partial charge in [0.1, 0.15) is 11.6 Å². The summed E-state index contributed by atoms with van der Waals surface area (Å²) in [6.07, 6.45) is 3.41. The number of phenols is 1. The maximum absolute atomic E-state index is 12.5. The second kappa shape index (κ2) is 14.7. The fraction of sp³-hybridized carbons (Fsp3) is 0.206. The Balaban J connectivity index is 1.33. The molecule has 0 aliphatic rings. The minimum atomic E-state index is -0.265. The second-order valence-electron chi connectivity index (χ2n) is 10.1. The molecule has 1 atom stereocenters. The number of nitrogens with zero attached hydrogens (tertiary/aromatic N) is 3. The number of nitrogens with one attached hydrogen (secondary N) is 1. The van der Waals surface area contributed by atoms with Crippen LogP contribution in [0.2, 0.25) is 5.02 Å². The molecule has 42 heavy (non-hydrogen) atoms. The Morgan fingerprint density at radius 2 is 1.57 bits per heavy atom. The maximum atomic E-state index is 12.5. The van der Waals surface area contributed by atoms with Crippen molar-refractivity contribution in [2.24, 2.45) is 0 Å². The highest BCUT2D eigenvalue weighted by atomic mass is 35.5. The molecule has 1 aromatic heterocycles. The van der Waals surface area contributed by atoms with E-state index < -0.39 is 0 Å². The molecule has 8 heteroatoms. The van der Waals surface area contributed by atoms with E-state index in [1.807, 2.05) is 42.5 Å². The normalized spacial score (nSPS) is 11.7. The zero-order valence-corrected chi connectivity index (χ0v) is 24.8. The lowest BCUT2D eigenvalue weighted by atomic mass is 9.93. The minimum absolute atomic E-state index is 0.0118. The lowest BCUT2D eigenvalue weighted by Crippen LogP contribution is -2.24. The first-order valence-electron chi connectivity index (χ1n) is 14.1. The van der Waals surface area contributed by atoms with Crippen LogP contribution < -0.4 is 5.32 Å². The fourth-order valence-corrected chi connectivity index (χ4v) is 6.05. The van der Waals surface area contributed by atoms with Gasteiger partial charge in [0.15, 0.2) is 5.16 Å². The van der Waals surface area contributed by atoms with E-state index in [0.717, 1.165) is 58.7 Å². The number of halogens is 1. The molecule has 0 saturated carbocycles. The first kappa shape index (κ1) is 29.4. The smallest absolute Gasteiger partial charge is 0.255 e. The molecule has 0 fully saturated rings. The lowest BCUT2D eigenvalue weighted by Gasteiger charge is -2.19. The van der Waals surface area contributed by atoms with Gasteiger partial charge in [0.2, 0.25) is 0 Å². The fourth-order valence-electron chi connectivity index (χ4n) is 4.93. The molecule has 0 bridgehead atoms. The largest absolute Gasteiger partial charge is 0.507 e. The number of phenolic OH excluding ortho intramolecular Hbond substituents is 1. The third kappa shape index (κ3) is 7.81. The summed E-state index contributed by atoms with van der Waals surface area (Å²) >= 11 is 7.87. The molecule has 1 amide bonds. The third-order valence-corrected chi connectivity index (χ3v) is 8.27. The lowest BCUT2D eigenvalue weighted by molar-refractivity contribution is 0.0950. The van der Waals surface area contributed by atoms with E-state index in [1.165, 1.54) is 11.6 Å². The van der Waals surface area contributed by atoms with Crippen molar-refractivity contribution in [3.63, 3.8) is 0 Å². The first-order chi connectivity index (χ1) is 20.6. The van der Waals surface area contributed by atoms with E-state index in [2.05, 4.69) is 57.4 Å². The molecule has 5 rings (SSSR count). The molecule has 2 N–H and O–H groups in total. The van der Waals surface area contributed by atoms with Gasteiger partial charge in [-0.05, 0) is 66.8 Å². The van der Waals surface area contributed by atoms with Crippen LogP contribution in [0.4, 0.5) is 0 Å². The van der Waals surface area contributed by atoms with Gasteiger partial charge >= 0.3 is 0 Å². The van der Waals surface area contributed by atoms with E-state index in [-0.39, 0.29) is 17.6 Å². The molecule has 4 aromatic carbocycles. The Morgan fingerprint density at radius 3 is 2.33 bits per heavy atom. The summed E-state index contributed by atoms with van der Waals surface area (Å²) in [5, 5.41) is 23.9. The number of thioether (sulfide) groups is 1. The van der Waals surface area contributed by atoms with Crippen LogP contribution in [0.15, 0.2) is 114 Å². The standard InChI is InChI=1S/C34H33ClN4O2S/c35-28-16-11-14-26(23-28)24-42-34-38-37-32(39(34)29-17-5-2-6-18-29)27(22-25-12-3-1-4-13-25)15-9-10-21-36-33(41)30-19-7-8-20-31(30)40/h1-8,11-14,16-20,23,27,40H,9-10,15,21-22,24H2,(H,36,41). The number of aromatic nitrogens is 3. The van der Waals surface area contributed by atoms with Gasteiger partial charge in [-0.15, -0.1) is 10.2 Å². The second-order valence-corrected chi connectivity index (χ2v) is 11.5. The van der Waals surface area contributed by atoms with Crippen molar-refractivity contribution < 1.29 is 9.90 Å². The van der Waals surface area contributed by atoms with Crippen LogP contribution in [-0.2, 0) is 12.2 Å². The molecule has 0 saturated heterocycles. The highest BCUT2D eigenvalue weighted by molar-refractivity contribution is 7.98. The SMILES string of the molecule is O=C(NCCCCC(Cc1ccccc1)c1nnc(SCc2cccc(Cl)c2)n1-c1ccccc1)c1ccccc1O. The highest BCUT2D eigenvalue weighted by Crippen LogP contribution is 2.32. The molecule has 0 aliphatic carbocycles. The summed E-state index contributed by atoms with van der Waals surface area (Å²) in [7, 11) is 0. The number of hydrogen-bond donors (Lipinski definition) is 2. The molecule has 6 nitrogen and oxygen atoms in total. The number of unbranched alkanes of at least 4 members (excludes halogenated alkanes) is 1. The Hall–Kier alpha value is -4.07. The quantitative estimate of drug-likeness (QED) is 0.107. The number of carbonyl (C=O) groups is 1. The van der Waals surface area contributed by atoms with Crippen molar-refractivity contribution in [2.45, 2.75) is 42.5 Å². The van der Waals surface area contributed by atoms with Crippen LogP contribution in [0, 0.1) is 0 Å². The molecular formula is C34H33ClN4O2S. The summed E-state index contributed by atoms with van der Waals surface area (Å²) in [5.41, 5.74) is 3.69. The predicted octanol–water partition coefficient (Wildman–Crippen LogP) is 7.85. The van der Waals surface area contributed by atoms with Gasteiger partial charge in [0.25, 0.3) is 5.91 Å². The molecule has 0 spiro atoms. The van der Waals surface area contributed by atoms with E-state index in [9.17, 15) is 9.90 Å². The zero-order valence-electron chi connectivity index (χ0n) is 23.2. The van der Waals surface area contributed by atoms with Crippen LogP contribution in [-0.4, -0.2) is 32.3 Å². The summed E-state index contributed by atoms with van der Waals surface area (Å²) in [6, 6.07) is 35.2. The predicted molar refractivity (Wildman–Crippen MR) is 170 cm³/mol. The van der Waals surface area contributed by atoms with Crippen LogP contribution in [0.1, 0.15) is 52.5 Å². The van der Waals surface area contributed by atoms with E-state index in [4.69, 9.17) is 16.7 Å². The highest BCUT2D eigenvalue weighted by Gasteiger charge is 2.23. The van der Waals surface area contributed by atoms with Crippen molar-refractivity contribution in [3.05, 3.63) is 137 Å². The first-order valence-corrected chi connectivity index (χ1v) is 15.4. The molecule has 0 aliphatic heterocycles. The van der Waals surface area contributed by atoms with Crippen LogP contribution in [0.25, 0.3) is 5.69 Å². The van der Waals surface area contributed by atoms with Gasteiger partial charge in [0.05, 0.1) is 5.56 Å². The van der Waals surface area contributed by atoms with Gasteiger partial charge in [-0.25, -0.2) is 0 Å². The monoisotopic (exact) mass is 596 g/mol. The molecule has 214 valence electrons. The Kier molecular flexibility index (Phi) is 10.3. The molecule has 0 radical (unpaired) electrons. The number of benzene rings is 4. The van der Waals surface area contributed by atoms with E-state index in [0.29, 0.717) is 12.1 Å². The third-order valence-electron chi connectivity index (χ3n) is 7.03. The van der Waals surface area contributed by atoms with Crippen molar-refractivity contribution in [2.75, 3.05) is 6.54 Å². The summed E-state index contributed by atoms with van der Waals surface area (Å²) in [4.78, 5) is 12.5. The van der Waals surface area contributed by atoms with Gasteiger partial charge < -0.3 is 10.4 Å². The Labute approximate surface area is 255 Å². The Bertz CT molecular complexity index is 1590. The van der Waals surface area contributed by atoms with Crippen molar-refractivity contribution >= 4 is 29.3 Å².